The van der Waals surface area contributed by atoms with E-state index in [1.165, 1.54) is 10.4 Å². The SMILES string of the molecule is CN(CC1=CC=CC=CC1)S(=O)(=O)c1cc(C(=O)NCC(C)(C)C)ccc1Br. The van der Waals surface area contributed by atoms with E-state index in [0.717, 1.165) is 5.57 Å². The van der Waals surface area contributed by atoms with E-state index in [-0.39, 0.29) is 22.8 Å². The number of hydrogen-bond donors (Lipinski definition) is 1. The van der Waals surface area contributed by atoms with Crippen LogP contribution in [0.3, 0.4) is 0 Å². The molecule has 0 radical (unpaired) electrons. The van der Waals surface area contributed by atoms with E-state index in [1.807, 2.05) is 51.2 Å². The first-order chi connectivity index (χ1) is 13.0. The van der Waals surface area contributed by atoms with Gasteiger partial charge in [-0.05, 0) is 46.0 Å². The lowest BCUT2D eigenvalue weighted by molar-refractivity contribution is 0.0939. The zero-order valence-corrected chi connectivity index (χ0v) is 19.1. The van der Waals surface area contributed by atoms with Gasteiger partial charge in [-0.25, -0.2) is 8.42 Å². The lowest BCUT2D eigenvalue weighted by Crippen LogP contribution is -2.33. The minimum atomic E-state index is -3.76. The molecule has 0 atom stereocenters. The topological polar surface area (TPSA) is 66.5 Å². The van der Waals surface area contributed by atoms with Gasteiger partial charge in [0.25, 0.3) is 5.91 Å². The fourth-order valence-corrected chi connectivity index (χ4v) is 4.69. The van der Waals surface area contributed by atoms with Crippen LogP contribution in [0.4, 0.5) is 0 Å². The quantitative estimate of drug-likeness (QED) is 0.679. The fourth-order valence-electron chi connectivity index (χ4n) is 2.57. The molecule has 0 spiro atoms. The first-order valence-corrected chi connectivity index (χ1v) is 11.3. The van der Waals surface area contributed by atoms with Crippen LogP contribution in [0, 0.1) is 5.41 Å². The number of nitrogens with zero attached hydrogens (tertiary/aromatic N) is 1. The molecular formula is C21H27BrN2O3S. The Morgan fingerprint density at radius 1 is 1.21 bits per heavy atom. The third kappa shape index (κ3) is 6.15. The number of benzene rings is 1. The molecule has 7 heteroatoms. The molecule has 0 saturated heterocycles. The summed E-state index contributed by atoms with van der Waals surface area (Å²) in [6, 6.07) is 4.64. The minimum absolute atomic E-state index is 0.0600. The third-order valence-corrected chi connectivity index (χ3v) is 6.95. The minimum Gasteiger partial charge on any atom is -0.352 e. The Morgan fingerprint density at radius 3 is 2.61 bits per heavy atom. The second-order valence-corrected chi connectivity index (χ2v) is 10.9. The summed E-state index contributed by atoms with van der Waals surface area (Å²) in [5.74, 6) is -0.289. The van der Waals surface area contributed by atoms with Gasteiger partial charge in [-0.2, -0.15) is 4.31 Å². The van der Waals surface area contributed by atoms with Crippen LogP contribution in [0.1, 0.15) is 37.6 Å². The maximum Gasteiger partial charge on any atom is 0.251 e. The van der Waals surface area contributed by atoms with Gasteiger partial charge in [0, 0.05) is 30.2 Å². The maximum absolute atomic E-state index is 13.1. The van der Waals surface area contributed by atoms with Gasteiger partial charge in [0.15, 0.2) is 0 Å². The maximum atomic E-state index is 13.1. The van der Waals surface area contributed by atoms with Crippen LogP contribution in [-0.2, 0) is 10.0 Å². The Balaban J connectivity index is 2.24. The molecule has 28 heavy (non-hydrogen) atoms. The largest absolute Gasteiger partial charge is 0.352 e. The summed E-state index contributed by atoms with van der Waals surface area (Å²) in [6.07, 6.45) is 10.4. The Bertz CT molecular complexity index is 925. The van der Waals surface area contributed by atoms with Crippen molar-refractivity contribution in [3.63, 3.8) is 0 Å². The Kier molecular flexibility index (Phi) is 7.42. The van der Waals surface area contributed by atoms with Crippen molar-refractivity contribution < 1.29 is 13.2 Å². The van der Waals surface area contributed by atoms with Crippen molar-refractivity contribution in [3.05, 3.63) is 64.2 Å². The molecule has 0 aromatic heterocycles. The second-order valence-electron chi connectivity index (χ2n) is 7.99. The highest BCUT2D eigenvalue weighted by Crippen LogP contribution is 2.27. The zero-order valence-electron chi connectivity index (χ0n) is 16.7. The van der Waals surface area contributed by atoms with Crippen molar-refractivity contribution in [2.45, 2.75) is 32.1 Å². The number of sulfonamides is 1. The molecule has 1 aliphatic carbocycles. The smallest absolute Gasteiger partial charge is 0.251 e. The second kappa shape index (κ2) is 9.20. The van der Waals surface area contributed by atoms with Crippen molar-refractivity contribution in [3.8, 4) is 0 Å². The first kappa shape index (κ1) is 22.6. The number of amides is 1. The molecule has 152 valence electrons. The average molecular weight is 467 g/mol. The number of likely N-dealkylation sites (N-methyl/N-ethyl adjacent to an activating group) is 1. The highest BCUT2D eigenvalue weighted by molar-refractivity contribution is 9.10. The highest BCUT2D eigenvalue weighted by Gasteiger charge is 2.25. The molecule has 1 aliphatic rings. The molecule has 0 fully saturated rings. The summed E-state index contributed by atoms with van der Waals surface area (Å²) in [5.41, 5.74) is 1.25. The molecule has 1 amide bonds. The monoisotopic (exact) mass is 466 g/mol. The lowest BCUT2D eigenvalue weighted by atomic mass is 9.97. The highest BCUT2D eigenvalue weighted by atomic mass is 79.9. The molecule has 1 N–H and O–H groups in total. The van der Waals surface area contributed by atoms with Crippen LogP contribution in [0.25, 0.3) is 0 Å². The van der Waals surface area contributed by atoms with Crippen molar-refractivity contribution in [2.24, 2.45) is 5.41 Å². The van der Waals surface area contributed by atoms with Crippen LogP contribution in [-0.4, -0.2) is 38.8 Å². The van der Waals surface area contributed by atoms with Crippen molar-refractivity contribution in [1.29, 1.82) is 0 Å². The Labute approximate surface area is 176 Å². The van der Waals surface area contributed by atoms with Crippen LogP contribution in [0.15, 0.2) is 63.5 Å². The molecule has 1 aromatic rings. The van der Waals surface area contributed by atoms with Crippen molar-refractivity contribution in [1.82, 2.24) is 9.62 Å². The molecule has 0 bridgehead atoms. The predicted octanol–water partition coefficient (Wildman–Crippen LogP) is 4.29. The van der Waals surface area contributed by atoms with Gasteiger partial charge in [-0.1, -0.05) is 56.7 Å². The van der Waals surface area contributed by atoms with Gasteiger partial charge in [0.1, 0.15) is 0 Å². The van der Waals surface area contributed by atoms with E-state index < -0.39 is 10.0 Å². The van der Waals surface area contributed by atoms with Gasteiger partial charge < -0.3 is 5.32 Å². The molecule has 0 heterocycles. The van der Waals surface area contributed by atoms with Gasteiger partial charge in [0.2, 0.25) is 10.0 Å². The van der Waals surface area contributed by atoms with E-state index >= 15 is 0 Å². The summed E-state index contributed by atoms with van der Waals surface area (Å²) in [4.78, 5) is 12.5. The molecular weight excluding hydrogens is 440 g/mol. The van der Waals surface area contributed by atoms with Crippen molar-refractivity contribution >= 4 is 31.9 Å². The number of halogens is 1. The zero-order chi connectivity index (χ0) is 20.9. The molecule has 0 saturated carbocycles. The van der Waals surface area contributed by atoms with Crippen LogP contribution < -0.4 is 5.32 Å². The van der Waals surface area contributed by atoms with Gasteiger partial charge in [-0.3, -0.25) is 4.79 Å². The number of allylic oxidation sites excluding steroid dienone is 5. The standard InChI is InChI=1S/C21H27BrN2O3S/c1-21(2,3)15-23-20(25)17-11-12-18(22)19(13-17)28(26,27)24(4)14-16-9-7-5-6-8-10-16/h5-9,11-13H,10,14-15H2,1-4H3,(H,23,25). The molecule has 2 rings (SSSR count). The molecule has 0 unspecified atom stereocenters. The first-order valence-electron chi connectivity index (χ1n) is 9.06. The molecule has 5 nitrogen and oxygen atoms in total. The summed E-state index contributed by atoms with van der Waals surface area (Å²) in [6.45, 7) is 6.84. The van der Waals surface area contributed by atoms with E-state index in [9.17, 15) is 13.2 Å². The van der Waals surface area contributed by atoms with E-state index in [0.29, 0.717) is 23.0 Å². The number of nitrogens with one attached hydrogen (secondary N) is 1. The number of rotatable bonds is 6. The predicted molar refractivity (Wildman–Crippen MR) is 117 cm³/mol. The summed E-state index contributed by atoms with van der Waals surface area (Å²) in [5, 5.41) is 2.85. The fraction of sp³-hybridized carbons (Fsp3) is 0.381. The number of carbonyl (C=O) groups is 1. The summed E-state index contributed by atoms with van der Waals surface area (Å²) < 4.78 is 28.0. The summed E-state index contributed by atoms with van der Waals surface area (Å²) >= 11 is 3.32. The molecule has 1 aromatic carbocycles. The normalized spacial score (nSPS) is 14.7. The third-order valence-electron chi connectivity index (χ3n) is 4.16. The van der Waals surface area contributed by atoms with E-state index in [4.69, 9.17) is 0 Å². The van der Waals surface area contributed by atoms with Gasteiger partial charge >= 0.3 is 0 Å². The van der Waals surface area contributed by atoms with Crippen LogP contribution in [0.2, 0.25) is 0 Å². The van der Waals surface area contributed by atoms with Gasteiger partial charge in [-0.15, -0.1) is 0 Å². The van der Waals surface area contributed by atoms with Crippen LogP contribution >= 0.6 is 15.9 Å². The number of hydrogen-bond acceptors (Lipinski definition) is 3. The summed E-state index contributed by atoms with van der Waals surface area (Å²) in [7, 11) is -2.21. The number of carbonyl (C=O) groups excluding carboxylic acids is 1. The lowest BCUT2D eigenvalue weighted by Gasteiger charge is -2.21. The van der Waals surface area contributed by atoms with E-state index in [2.05, 4.69) is 21.2 Å². The Morgan fingerprint density at radius 2 is 1.93 bits per heavy atom. The average Bonchev–Trinajstić information content (AvgIpc) is 2.88. The van der Waals surface area contributed by atoms with E-state index in [1.54, 1.807) is 19.2 Å². The Hall–Kier alpha value is -1.70. The van der Waals surface area contributed by atoms with Crippen LogP contribution in [0.5, 0.6) is 0 Å². The molecule has 0 aliphatic heterocycles. The van der Waals surface area contributed by atoms with Crippen molar-refractivity contribution in [2.75, 3.05) is 20.1 Å². The van der Waals surface area contributed by atoms with Gasteiger partial charge in [0.05, 0.1) is 4.90 Å².